The summed E-state index contributed by atoms with van der Waals surface area (Å²) in [5.41, 5.74) is 1.94. The van der Waals surface area contributed by atoms with Crippen LogP contribution in [0.5, 0.6) is 0 Å². The molecule has 2 heteroatoms. The predicted molar refractivity (Wildman–Crippen MR) is 82.6 cm³/mol. The van der Waals surface area contributed by atoms with Gasteiger partial charge in [0.25, 0.3) is 0 Å². The van der Waals surface area contributed by atoms with Crippen molar-refractivity contribution >= 4 is 5.82 Å². The lowest BCUT2D eigenvalue weighted by atomic mass is 9.76. The van der Waals surface area contributed by atoms with Gasteiger partial charge in [0.05, 0.1) is 0 Å². The first-order valence-electron chi connectivity index (χ1n) is 7.60. The van der Waals surface area contributed by atoms with Gasteiger partial charge in [0.15, 0.2) is 0 Å². The van der Waals surface area contributed by atoms with Crippen molar-refractivity contribution in [2.45, 2.75) is 65.2 Å². The maximum atomic E-state index is 4.55. The summed E-state index contributed by atoms with van der Waals surface area (Å²) in [6, 6.07) is 4.31. The number of anilines is 1. The Morgan fingerprint density at radius 2 is 1.84 bits per heavy atom. The number of nitrogens with zero attached hydrogens (tertiary/aromatic N) is 1. The van der Waals surface area contributed by atoms with Gasteiger partial charge in [0, 0.05) is 12.7 Å². The van der Waals surface area contributed by atoms with Gasteiger partial charge in [-0.3, -0.25) is 0 Å². The minimum Gasteiger partial charge on any atom is -0.370 e. The Hall–Kier alpha value is -1.05. The minimum atomic E-state index is 0.181. The lowest BCUT2D eigenvalue weighted by Crippen LogP contribution is -2.29. The van der Waals surface area contributed by atoms with Crippen LogP contribution >= 0.6 is 0 Å². The van der Waals surface area contributed by atoms with Gasteiger partial charge in [-0.1, -0.05) is 53.0 Å². The van der Waals surface area contributed by atoms with Crippen LogP contribution in [0, 0.1) is 5.41 Å². The van der Waals surface area contributed by atoms with Crippen LogP contribution in [-0.2, 0) is 5.41 Å². The summed E-state index contributed by atoms with van der Waals surface area (Å²) in [5.74, 6) is 1.01. The number of hydrogen-bond acceptors (Lipinski definition) is 2. The van der Waals surface area contributed by atoms with Gasteiger partial charge in [-0.05, 0) is 35.3 Å². The zero-order chi connectivity index (χ0) is 13.9. The van der Waals surface area contributed by atoms with E-state index in [1.807, 2.05) is 6.20 Å². The molecule has 1 aromatic heterocycles. The van der Waals surface area contributed by atoms with Gasteiger partial charge in [0.2, 0.25) is 0 Å². The molecule has 0 unspecified atom stereocenters. The van der Waals surface area contributed by atoms with Crippen molar-refractivity contribution in [2.24, 2.45) is 5.41 Å². The fourth-order valence-electron chi connectivity index (χ4n) is 2.83. The molecular formula is C17H28N2. The number of aromatic nitrogens is 1. The molecule has 2 rings (SSSR count). The van der Waals surface area contributed by atoms with Crippen LogP contribution in [0.2, 0.25) is 0 Å². The van der Waals surface area contributed by atoms with Gasteiger partial charge >= 0.3 is 0 Å². The summed E-state index contributed by atoms with van der Waals surface area (Å²) in [7, 11) is 0. The molecule has 1 aliphatic carbocycles. The maximum absolute atomic E-state index is 4.55. The Balaban J connectivity index is 1.93. The van der Waals surface area contributed by atoms with Crippen molar-refractivity contribution in [2.75, 3.05) is 11.9 Å². The molecule has 106 valence electrons. The molecule has 1 N–H and O–H groups in total. The van der Waals surface area contributed by atoms with Crippen LogP contribution in [-0.4, -0.2) is 11.5 Å². The standard InChI is InChI=1S/C17H28N2/c1-16(2,3)14-8-9-15(18-12-14)19-13-17(4)10-6-5-7-11-17/h8-9,12H,5-7,10-11,13H2,1-4H3,(H,18,19). The molecular weight excluding hydrogens is 232 g/mol. The number of rotatable bonds is 3. The molecule has 1 fully saturated rings. The summed E-state index contributed by atoms with van der Waals surface area (Å²) < 4.78 is 0. The second-order valence-electron chi connectivity index (χ2n) is 7.41. The Bertz CT molecular complexity index is 394. The molecule has 0 bridgehead atoms. The number of hydrogen-bond donors (Lipinski definition) is 1. The molecule has 19 heavy (non-hydrogen) atoms. The SMILES string of the molecule is CC1(CNc2ccc(C(C)(C)C)cn2)CCCCC1. The highest BCUT2D eigenvalue weighted by atomic mass is 15.0. The van der Waals surface area contributed by atoms with Gasteiger partial charge in [0.1, 0.15) is 5.82 Å². The van der Waals surface area contributed by atoms with E-state index < -0.39 is 0 Å². The molecule has 1 aliphatic rings. The van der Waals surface area contributed by atoms with E-state index in [2.05, 4.69) is 50.1 Å². The van der Waals surface area contributed by atoms with E-state index in [9.17, 15) is 0 Å². The lowest BCUT2D eigenvalue weighted by Gasteiger charge is -2.33. The van der Waals surface area contributed by atoms with Crippen LogP contribution in [0.15, 0.2) is 18.3 Å². The third-order valence-electron chi connectivity index (χ3n) is 4.39. The fourth-order valence-corrected chi connectivity index (χ4v) is 2.83. The molecule has 0 saturated heterocycles. The van der Waals surface area contributed by atoms with E-state index in [-0.39, 0.29) is 5.41 Å². The van der Waals surface area contributed by atoms with Crippen molar-refractivity contribution in [1.82, 2.24) is 4.98 Å². The van der Waals surface area contributed by atoms with Crippen molar-refractivity contribution in [1.29, 1.82) is 0 Å². The third-order valence-corrected chi connectivity index (χ3v) is 4.39. The minimum absolute atomic E-state index is 0.181. The molecule has 0 spiro atoms. The molecule has 0 aromatic carbocycles. The molecule has 0 aliphatic heterocycles. The monoisotopic (exact) mass is 260 g/mol. The molecule has 0 atom stereocenters. The first-order chi connectivity index (χ1) is 8.89. The summed E-state index contributed by atoms with van der Waals surface area (Å²) >= 11 is 0. The van der Waals surface area contributed by atoms with E-state index in [4.69, 9.17) is 0 Å². The normalized spacial score (nSPS) is 19.2. The van der Waals surface area contributed by atoms with Crippen molar-refractivity contribution in [3.05, 3.63) is 23.9 Å². The first kappa shape index (κ1) is 14.4. The van der Waals surface area contributed by atoms with E-state index in [0.29, 0.717) is 5.41 Å². The summed E-state index contributed by atoms with van der Waals surface area (Å²) in [6.07, 6.45) is 8.88. The smallest absolute Gasteiger partial charge is 0.125 e. The Morgan fingerprint density at radius 3 is 2.37 bits per heavy atom. The Labute approximate surface area is 118 Å². The van der Waals surface area contributed by atoms with E-state index in [0.717, 1.165) is 12.4 Å². The zero-order valence-electron chi connectivity index (χ0n) is 12.9. The first-order valence-corrected chi connectivity index (χ1v) is 7.60. The molecule has 1 saturated carbocycles. The quantitative estimate of drug-likeness (QED) is 0.847. The Morgan fingerprint density at radius 1 is 1.16 bits per heavy atom. The van der Waals surface area contributed by atoms with Crippen LogP contribution in [0.25, 0.3) is 0 Å². The fraction of sp³-hybridized carbons (Fsp3) is 0.706. The van der Waals surface area contributed by atoms with Crippen LogP contribution < -0.4 is 5.32 Å². The summed E-state index contributed by atoms with van der Waals surface area (Å²) in [6.45, 7) is 10.1. The largest absolute Gasteiger partial charge is 0.370 e. The second kappa shape index (κ2) is 5.52. The van der Waals surface area contributed by atoms with Crippen LogP contribution in [0.3, 0.4) is 0 Å². The lowest BCUT2D eigenvalue weighted by molar-refractivity contribution is 0.233. The maximum Gasteiger partial charge on any atom is 0.125 e. The topological polar surface area (TPSA) is 24.9 Å². The number of nitrogens with one attached hydrogen (secondary N) is 1. The van der Waals surface area contributed by atoms with Gasteiger partial charge in [-0.25, -0.2) is 4.98 Å². The predicted octanol–water partition coefficient (Wildman–Crippen LogP) is 4.76. The van der Waals surface area contributed by atoms with Crippen LogP contribution in [0.1, 0.15) is 65.4 Å². The number of pyridine rings is 1. The van der Waals surface area contributed by atoms with E-state index in [1.165, 1.54) is 37.7 Å². The van der Waals surface area contributed by atoms with Gasteiger partial charge in [-0.2, -0.15) is 0 Å². The molecule has 1 aromatic rings. The highest BCUT2D eigenvalue weighted by Crippen LogP contribution is 2.35. The third kappa shape index (κ3) is 3.95. The van der Waals surface area contributed by atoms with Crippen molar-refractivity contribution in [3.8, 4) is 0 Å². The Kier molecular flexibility index (Phi) is 4.17. The molecule has 1 heterocycles. The summed E-state index contributed by atoms with van der Waals surface area (Å²) in [4.78, 5) is 4.55. The highest BCUT2D eigenvalue weighted by molar-refractivity contribution is 5.37. The summed E-state index contributed by atoms with van der Waals surface area (Å²) in [5, 5.41) is 3.52. The van der Waals surface area contributed by atoms with Gasteiger partial charge < -0.3 is 5.32 Å². The van der Waals surface area contributed by atoms with E-state index >= 15 is 0 Å². The second-order valence-corrected chi connectivity index (χ2v) is 7.41. The molecule has 0 amide bonds. The van der Waals surface area contributed by atoms with Crippen LogP contribution in [0.4, 0.5) is 5.82 Å². The van der Waals surface area contributed by atoms with Crippen molar-refractivity contribution in [3.63, 3.8) is 0 Å². The zero-order valence-corrected chi connectivity index (χ0v) is 12.9. The van der Waals surface area contributed by atoms with Gasteiger partial charge in [-0.15, -0.1) is 0 Å². The average molecular weight is 260 g/mol. The molecule has 0 radical (unpaired) electrons. The molecule has 2 nitrogen and oxygen atoms in total. The van der Waals surface area contributed by atoms with Crippen molar-refractivity contribution < 1.29 is 0 Å². The highest BCUT2D eigenvalue weighted by Gasteiger charge is 2.26. The van der Waals surface area contributed by atoms with E-state index in [1.54, 1.807) is 0 Å². The average Bonchev–Trinajstić information content (AvgIpc) is 2.37.